The van der Waals surface area contributed by atoms with Gasteiger partial charge in [-0.25, -0.2) is 0 Å². The molecule has 1 N–H and O–H groups in total. The van der Waals surface area contributed by atoms with Crippen molar-refractivity contribution >= 4 is 11.9 Å². The van der Waals surface area contributed by atoms with Crippen LogP contribution in [-0.4, -0.2) is 23.7 Å². The van der Waals surface area contributed by atoms with Crippen molar-refractivity contribution in [3.8, 4) is 0 Å². The highest BCUT2D eigenvalue weighted by molar-refractivity contribution is 5.69. The zero-order valence-corrected chi connectivity index (χ0v) is 8.53. The highest BCUT2D eigenvalue weighted by atomic mass is 16.5. The Morgan fingerprint density at radius 1 is 1.43 bits per heavy atom. The molecule has 0 bridgehead atoms. The van der Waals surface area contributed by atoms with Gasteiger partial charge in [0.15, 0.2) is 0 Å². The third-order valence-electron chi connectivity index (χ3n) is 1.71. The highest BCUT2D eigenvalue weighted by Crippen LogP contribution is 2.02. The number of ether oxygens (including phenoxy) is 1. The van der Waals surface area contributed by atoms with Crippen LogP contribution < -0.4 is 0 Å². The molecule has 0 rings (SSSR count). The number of carbonyl (C=O) groups excluding carboxylic acids is 1. The largest absolute Gasteiger partial charge is 0.481 e. The van der Waals surface area contributed by atoms with Crippen molar-refractivity contribution < 1.29 is 19.4 Å². The van der Waals surface area contributed by atoms with E-state index in [-0.39, 0.29) is 12.6 Å². The average Bonchev–Trinajstić information content (AvgIpc) is 2.16. The fourth-order valence-corrected chi connectivity index (χ4v) is 0.712. The standard InChI is InChI=1S/C10H16O4/c1-3-9(11)14-7-5-4-6-8(2)10(12)13/h4-5,8H,3,6-7H2,1-2H3,(H,12,13). The summed E-state index contributed by atoms with van der Waals surface area (Å²) >= 11 is 0. The van der Waals surface area contributed by atoms with Gasteiger partial charge in [-0.15, -0.1) is 0 Å². The van der Waals surface area contributed by atoms with Crippen molar-refractivity contribution in [3.05, 3.63) is 12.2 Å². The summed E-state index contributed by atoms with van der Waals surface area (Å²) in [4.78, 5) is 21.1. The zero-order chi connectivity index (χ0) is 11.0. The van der Waals surface area contributed by atoms with Gasteiger partial charge in [0.05, 0.1) is 5.92 Å². The smallest absolute Gasteiger partial charge is 0.306 e. The number of carbonyl (C=O) groups is 2. The van der Waals surface area contributed by atoms with Gasteiger partial charge in [0.2, 0.25) is 0 Å². The summed E-state index contributed by atoms with van der Waals surface area (Å²) in [6, 6.07) is 0. The second-order valence-corrected chi connectivity index (χ2v) is 2.98. The topological polar surface area (TPSA) is 63.6 Å². The molecule has 0 spiro atoms. The fraction of sp³-hybridized carbons (Fsp3) is 0.600. The maximum Gasteiger partial charge on any atom is 0.306 e. The average molecular weight is 200 g/mol. The van der Waals surface area contributed by atoms with Gasteiger partial charge in [0, 0.05) is 6.42 Å². The van der Waals surface area contributed by atoms with Crippen molar-refractivity contribution in [1.29, 1.82) is 0 Å². The van der Waals surface area contributed by atoms with Crippen LogP contribution >= 0.6 is 0 Å². The summed E-state index contributed by atoms with van der Waals surface area (Å²) in [5, 5.41) is 8.55. The van der Waals surface area contributed by atoms with Crippen LogP contribution in [0.25, 0.3) is 0 Å². The number of hydrogen-bond donors (Lipinski definition) is 1. The Kier molecular flexibility index (Phi) is 6.45. The lowest BCUT2D eigenvalue weighted by Gasteiger charge is -2.00. The molecule has 0 aromatic carbocycles. The first-order valence-corrected chi connectivity index (χ1v) is 4.61. The Balaban J connectivity index is 3.54. The van der Waals surface area contributed by atoms with Crippen LogP contribution in [0.4, 0.5) is 0 Å². The van der Waals surface area contributed by atoms with Gasteiger partial charge < -0.3 is 9.84 Å². The number of esters is 1. The van der Waals surface area contributed by atoms with E-state index in [0.717, 1.165) is 0 Å². The molecule has 0 aromatic heterocycles. The van der Waals surface area contributed by atoms with Crippen molar-refractivity contribution in [3.63, 3.8) is 0 Å². The van der Waals surface area contributed by atoms with Gasteiger partial charge in [-0.1, -0.05) is 26.0 Å². The maximum atomic E-state index is 10.7. The molecule has 0 amide bonds. The summed E-state index contributed by atoms with van der Waals surface area (Å²) in [6.45, 7) is 3.57. The van der Waals surface area contributed by atoms with E-state index >= 15 is 0 Å². The number of hydrogen-bond acceptors (Lipinski definition) is 3. The summed E-state index contributed by atoms with van der Waals surface area (Å²) in [6.07, 6.45) is 4.19. The molecule has 1 atom stereocenters. The number of allylic oxidation sites excluding steroid dienone is 1. The minimum absolute atomic E-state index is 0.221. The third kappa shape index (κ3) is 6.22. The van der Waals surface area contributed by atoms with E-state index in [1.807, 2.05) is 0 Å². The number of carboxylic acids is 1. The molecule has 14 heavy (non-hydrogen) atoms. The minimum atomic E-state index is -0.819. The third-order valence-corrected chi connectivity index (χ3v) is 1.71. The molecule has 4 heteroatoms. The van der Waals surface area contributed by atoms with Crippen LogP contribution in [0, 0.1) is 5.92 Å². The van der Waals surface area contributed by atoms with Crippen LogP contribution in [0.5, 0.6) is 0 Å². The normalized spacial score (nSPS) is 12.7. The predicted octanol–water partition coefficient (Wildman–Crippen LogP) is 1.61. The Morgan fingerprint density at radius 2 is 2.07 bits per heavy atom. The van der Waals surface area contributed by atoms with Crippen LogP contribution in [0.2, 0.25) is 0 Å². The van der Waals surface area contributed by atoms with Crippen LogP contribution in [0.1, 0.15) is 26.7 Å². The number of rotatable bonds is 6. The van der Waals surface area contributed by atoms with E-state index in [4.69, 9.17) is 9.84 Å². The van der Waals surface area contributed by atoms with Gasteiger partial charge in [-0.3, -0.25) is 9.59 Å². The Labute approximate surface area is 83.6 Å². The molecule has 4 nitrogen and oxygen atoms in total. The first-order valence-electron chi connectivity index (χ1n) is 4.61. The quantitative estimate of drug-likeness (QED) is 0.522. The highest BCUT2D eigenvalue weighted by Gasteiger charge is 2.07. The van der Waals surface area contributed by atoms with E-state index in [2.05, 4.69) is 0 Å². The Hall–Kier alpha value is -1.32. The lowest BCUT2D eigenvalue weighted by Crippen LogP contribution is -2.08. The zero-order valence-electron chi connectivity index (χ0n) is 8.53. The molecule has 0 radical (unpaired) electrons. The maximum absolute atomic E-state index is 10.7. The molecule has 0 aliphatic heterocycles. The second-order valence-electron chi connectivity index (χ2n) is 2.98. The predicted molar refractivity (Wildman–Crippen MR) is 51.8 cm³/mol. The monoisotopic (exact) mass is 200 g/mol. The molecular weight excluding hydrogens is 184 g/mol. The Morgan fingerprint density at radius 3 is 2.57 bits per heavy atom. The van der Waals surface area contributed by atoms with Crippen molar-refractivity contribution in [2.45, 2.75) is 26.7 Å². The van der Waals surface area contributed by atoms with Crippen LogP contribution in [0.15, 0.2) is 12.2 Å². The van der Waals surface area contributed by atoms with Gasteiger partial charge >= 0.3 is 11.9 Å². The molecule has 0 heterocycles. The van der Waals surface area contributed by atoms with E-state index in [1.165, 1.54) is 0 Å². The molecule has 0 aliphatic carbocycles. The van der Waals surface area contributed by atoms with Crippen molar-refractivity contribution in [2.24, 2.45) is 5.92 Å². The second kappa shape index (κ2) is 7.12. The molecule has 1 unspecified atom stereocenters. The molecule has 0 saturated carbocycles. The SMILES string of the molecule is CCC(=O)OCC=CCC(C)C(=O)O. The van der Waals surface area contributed by atoms with Gasteiger partial charge in [0.25, 0.3) is 0 Å². The number of carboxylic acid groups (broad SMARTS) is 1. The first-order chi connectivity index (χ1) is 6.57. The molecule has 0 fully saturated rings. The van der Waals surface area contributed by atoms with Gasteiger partial charge in [-0.2, -0.15) is 0 Å². The molecule has 0 aliphatic rings. The fourth-order valence-electron chi connectivity index (χ4n) is 0.712. The summed E-state index contributed by atoms with van der Waals surface area (Å²) in [7, 11) is 0. The summed E-state index contributed by atoms with van der Waals surface area (Å²) < 4.78 is 4.76. The molecule has 0 saturated heterocycles. The van der Waals surface area contributed by atoms with E-state index in [0.29, 0.717) is 12.8 Å². The molecular formula is C10H16O4. The van der Waals surface area contributed by atoms with Gasteiger partial charge in [-0.05, 0) is 6.42 Å². The van der Waals surface area contributed by atoms with E-state index in [1.54, 1.807) is 26.0 Å². The summed E-state index contributed by atoms with van der Waals surface area (Å²) in [5.74, 6) is -1.46. The van der Waals surface area contributed by atoms with E-state index < -0.39 is 11.9 Å². The Bertz CT molecular complexity index is 220. The molecule has 80 valence electrons. The summed E-state index contributed by atoms with van der Waals surface area (Å²) in [5.41, 5.74) is 0. The minimum Gasteiger partial charge on any atom is -0.481 e. The lowest BCUT2D eigenvalue weighted by atomic mass is 10.1. The van der Waals surface area contributed by atoms with E-state index in [9.17, 15) is 9.59 Å². The van der Waals surface area contributed by atoms with Crippen molar-refractivity contribution in [1.82, 2.24) is 0 Å². The van der Waals surface area contributed by atoms with Crippen LogP contribution in [0.3, 0.4) is 0 Å². The lowest BCUT2D eigenvalue weighted by molar-refractivity contribution is -0.142. The first kappa shape index (κ1) is 12.7. The molecule has 0 aromatic rings. The van der Waals surface area contributed by atoms with Crippen molar-refractivity contribution in [2.75, 3.05) is 6.61 Å². The number of aliphatic carboxylic acids is 1. The van der Waals surface area contributed by atoms with Crippen LogP contribution in [-0.2, 0) is 14.3 Å². The van der Waals surface area contributed by atoms with Gasteiger partial charge in [0.1, 0.15) is 6.61 Å².